The van der Waals surface area contributed by atoms with Crippen LogP contribution in [0.3, 0.4) is 0 Å². The number of ether oxygens (including phenoxy) is 1. The van der Waals surface area contributed by atoms with E-state index in [2.05, 4.69) is 20.9 Å². The molecule has 0 unspecified atom stereocenters. The fraction of sp³-hybridized carbons (Fsp3) is 0.0833. The first kappa shape index (κ1) is 11.4. The summed E-state index contributed by atoms with van der Waals surface area (Å²) in [6, 6.07) is 11.3. The summed E-state index contributed by atoms with van der Waals surface area (Å²) in [5.74, 6) is 1.77. The van der Waals surface area contributed by atoms with E-state index in [1.54, 1.807) is 6.20 Å². The average molecular weight is 299 g/mol. The Hall–Kier alpha value is -1.06. The second-order valence-corrected chi connectivity index (χ2v) is 4.37. The lowest BCUT2D eigenvalue weighted by Crippen LogP contribution is -1.88. The van der Waals surface area contributed by atoms with E-state index in [-0.39, 0.29) is 0 Å². The van der Waals surface area contributed by atoms with Crippen LogP contribution in [-0.4, -0.2) is 4.98 Å². The number of aromatic nitrogens is 1. The summed E-state index contributed by atoms with van der Waals surface area (Å²) in [4.78, 5) is 4.11. The van der Waals surface area contributed by atoms with Gasteiger partial charge in [0.15, 0.2) is 0 Å². The molecule has 0 N–H and O–H groups in total. The number of pyridine rings is 1. The van der Waals surface area contributed by atoms with E-state index in [9.17, 15) is 0 Å². The van der Waals surface area contributed by atoms with Gasteiger partial charge in [0.25, 0.3) is 0 Å². The number of hydrogen-bond acceptors (Lipinski definition) is 2. The molecular formula is C12H9BrClNO. The third kappa shape index (κ3) is 2.97. The molecule has 0 saturated carbocycles. The molecule has 1 heterocycles. The molecule has 0 aliphatic rings. The lowest BCUT2D eigenvalue weighted by molar-refractivity contribution is 0.462. The molecule has 1 aromatic carbocycles. The van der Waals surface area contributed by atoms with Gasteiger partial charge in [0.1, 0.15) is 5.75 Å². The molecule has 0 aliphatic carbocycles. The van der Waals surface area contributed by atoms with Crippen molar-refractivity contribution < 1.29 is 4.74 Å². The molecule has 0 bridgehead atoms. The van der Waals surface area contributed by atoms with E-state index in [0.717, 1.165) is 15.8 Å². The molecule has 0 atom stereocenters. The van der Waals surface area contributed by atoms with E-state index in [0.29, 0.717) is 11.8 Å². The van der Waals surface area contributed by atoms with Gasteiger partial charge in [0.05, 0.1) is 0 Å². The highest BCUT2D eigenvalue weighted by atomic mass is 79.9. The summed E-state index contributed by atoms with van der Waals surface area (Å²) in [6.45, 7) is 0. The first-order chi connectivity index (χ1) is 7.78. The summed E-state index contributed by atoms with van der Waals surface area (Å²) < 4.78 is 6.60. The monoisotopic (exact) mass is 297 g/mol. The maximum atomic E-state index is 5.73. The van der Waals surface area contributed by atoms with Crippen molar-refractivity contribution in [3.05, 3.63) is 52.6 Å². The van der Waals surface area contributed by atoms with Gasteiger partial charge in [-0.2, -0.15) is 0 Å². The van der Waals surface area contributed by atoms with Crippen LogP contribution >= 0.6 is 27.5 Å². The van der Waals surface area contributed by atoms with Crippen molar-refractivity contribution in [3.63, 3.8) is 0 Å². The average Bonchev–Trinajstić information content (AvgIpc) is 2.32. The molecule has 0 radical (unpaired) electrons. The quantitative estimate of drug-likeness (QED) is 0.785. The van der Waals surface area contributed by atoms with Crippen LogP contribution in [0.15, 0.2) is 47.1 Å². The zero-order valence-electron chi connectivity index (χ0n) is 8.36. The number of halogens is 2. The second kappa shape index (κ2) is 5.32. The van der Waals surface area contributed by atoms with Gasteiger partial charge in [-0.15, -0.1) is 11.6 Å². The zero-order chi connectivity index (χ0) is 11.4. The molecule has 0 aliphatic heterocycles. The van der Waals surface area contributed by atoms with Crippen molar-refractivity contribution in [2.75, 3.05) is 0 Å². The van der Waals surface area contributed by atoms with Crippen molar-refractivity contribution in [3.8, 4) is 11.6 Å². The van der Waals surface area contributed by atoms with Crippen molar-refractivity contribution in [2.24, 2.45) is 0 Å². The topological polar surface area (TPSA) is 22.1 Å². The van der Waals surface area contributed by atoms with Crippen molar-refractivity contribution in [2.45, 2.75) is 5.88 Å². The van der Waals surface area contributed by atoms with Crippen molar-refractivity contribution in [1.29, 1.82) is 0 Å². The smallest absolute Gasteiger partial charge is 0.219 e. The fourth-order valence-corrected chi connectivity index (χ4v) is 1.64. The number of benzene rings is 1. The Kier molecular flexibility index (Phi) is 3.80. The SMILES string of the molecule is ClCc1ccnc(Oc2ccc(Br)cc2)c1. The van der Waals surface area contributed by atoms with Gasteiger partial charge in [0.2, 0.25) is 5.88 Å². The van der Waals surface area contributed by atoms with Gasteiger partial charge in [0, 0.05) is 22.6 Å². The van der Waals surface area contributed by atoms with E-state index in [4.69, 9.17) is 16.3 Å². The first-order valence-electron chi connectivity index (χ1n) is 4.72. The predicted octanol–water partition coefficient (Wildman–Crippen LogP) is 4.38. The van der Waals surface area contributed by atoms with Crippen LogP contribution in [-0.2, 0) is 5.88 Å². The minimum Gasteiger partial charge on any atom is -0.439 e. The molecule has 0 spiro atoms. The van der Waals surface area contributed by atoms with E-state index >= 15 is 0 Å². The van der Waals surface area contributed by atoms with Gasteiger partial charge in [-0.25, -0.2) is 4.98 Å². The molecular weight excluding hydrogens is 289 g/mol. The third-order valence-electron chi connectivity index (χ3n) is 1.99. The highest BCUT2D eigenvalue weighted by molar-refractivity contribution is 9.10. The lowest BCUT2D eigenvalue weighted by Gasteiger charge is -2.05. The molecule has 2 nitrogen and oxygen atoms in total. The van der Waals surface area contributed by atoms with Crippen LogP contribution in [0.25, 0.3) is 0 Å². The molecule has 2 rings (SSSR count). The number of nitrogens with zero attached hydrogens (tertiary/aromatic N) is 1. The maximum Gasteiger partial charge on any atom is 0.219 e. The standard InChI is InChI=1S/C12H9BrClNO/c13-10-1-3-11(4-2-10)16-12-7-9(8-14)5-6-15-12/h1-7H,8H2. The Bertz CT molecular complexity index is 473. The summed E-state index contributed by atoms with van der Waals surface area (Å²) in [7, 11) is 0. The highest BCUT2D eigenvalue weighted by Crippen LogP contribution is 2.22. The Morgan fingerprint density at radius 2 is 1.94 bits per heavy atom. The molecule has 16 heavy (non-hydrogen) atoms. The number of alkyl halides is 1. The highest BCUT2D eigenvalue weighted by Gasteiger charge is 1.99. The van der Waals surface area contributed by atoms with E-state index < -0.39 is 0 Å². The minimum absolute atomic E-state index is 0.458. The lowest BCUT2D eigenvalue weighted by atomic mass is 10.3. The summed E-state index contributed by atoms with van der Waals surface area (Å²) in [5.41, 5.74) is 0.990. The summed E-state index contributed by atoms with van der Waals surface area (Å²) in [5, 5.41) is 0. The van der Waals surface area contributed by atoms with E-state index in [1.807, 2.05) is 36.4 Å². The van der Waals surface area contributed by atoms with Crippen LogP contribution < -0.4 is 4.74 Å². The van der Waals surface area contributed by atoms with Gasteiger partial charge in [-0.3, -0.25) is 0 Å². The first-order valence-corrected chi connectivity index (χ1v) is 6.05. The maximum absolute atomic E-state index is 5.73. The van der Waals surface area contributed by atoms with Crippen LogP contribution in [0.4, 0.5) is 0 Å². The van der Waals surface area contributed by atoms with Gasteiger partial charge in [-0.05, 0) is 35.9 Å². The number of hydrogen-bond donors (Lipinski definition) is 0. The summed E-state index contributed by atoms with van der Waals surface area (Å²) >= 11 is 9.10. The summed E-state index contributed by atoms with van der Waals surface area (Å²) in [6.07, 6.45) is 1.69. The predicted molar refractivity (Wildman–Crippen MR) is 68.0 cm³/mol. The zero-order valence-corrected chi connectivity index (χ0v) is 10.7. The van der Waals surface area contributed by atoms with Gasteiger partial charge in [-0.1, -0.05) is 15.9 Å². The van der Waals surface area contributed by atoms with Crippen molar-refractivity contribution >= 4 is 27.5 Å². The molecule has 0 fully saturated rings. The molecule has 0 amide bonds. The molecule has 2 aromatic rings. The minimum atomic E-state index is 0.458. The Balaban J connectivity index is 2.16. The number of rotatable bonds is 3. The largest absolute Gasteiger partial charge is 0.439 e. The van der Waals surface area contributed by atoms with Crippen molar-refractivity contribution in [1.82, 2.24) is 4.98 Å². The van der Waals surface area contributed by atoms with Crippen LogP contribution in [0.1, 0.15) is 5.56 Å². The second-order valence-electron chi connectivity index (χ2n) is 3.19. The Morgan fingerprint density at radius 1 is 1.19 bits per heavy atom. The molecule has 4 heteroatoms. The fourth-order valence-electron chi connectivity index (χ4n) is 1.21. The van der Waals surface area contributed by atoms with E-state index in [1.165, 1.54) is 0 Å². The Labute approximate surface area is 107 Å². The molecule has 1 aromatic heterocycles. The van der Waals surface area contributed by atoms with Gasteiger partial charge >= 0.3 is 0 Å². The van der Waals surface area contributed by atoms with Crippen LogP contribution in [0, 0.1) is 0 Å². The van der Waals surface area contributed by atoms with Crippen LogP contribution in [0.5, 0.6) is 11.6 Å². The molecule has 0 saturated heterocycles. The van der Waals surface area contributed by atoms with Gasteiger partial charge < -0.3 is 4.74 Å². The molecule has 82 valence electrons. The van der Waals surface area contributed by atoms with Crippen LogP contribution in [0.2, 0.25) is 0 Å². The third-order valence-corrected chi connectivity index (χ3v) is 2.83. The normalized spacial score (nSPS) is 10.1. The Morgan fingerprint density at radius 3 is 2.62 bits per heavy atom.